The molecule has 0 aromatic carbocycles. The first-order valence-electron chi connectivity index (χ1n) is 7.10. The van der Waals surface area contributed by atoms with Gasteiger partial charge in [0, 0.05) is 6.54 Å². The third-order valence-electron chi connectivity index (χ3n) is 2.87. The van der Waals surface area contributed by atoms with Crippen LogP contribution in [0.3, 0.4) is 0 Å². The summed E-state index contributed by atoms with van der Waals surface area (Å²) < 4.78 is 25.9. The van der Waals surface area contributed by atoms with Gasteiger partial charge in [0.05, 0.1) is 5.75 Å². The van der Waals surface area contributed by atoms with Crippen molar-refractivity contribution in [1.82, 2.24) is 9.62 Å². The van der Waals surface area contributed by atoms with E-state index in [-0.39, 0.29) is 11.2 Å². The minimum Gasteiger partial charge on any atom is -0.412 e. The van der Waals surface area contributed by atoms with Crippen LogP contribution in [0.4, 0.5) is 0 Å². The molecule has 0 heterocycles. The Morgan fingerprint density at radius 2 is 1.53 bits per heavy atom. The largest absolute Gasteiger partial charge is 0.412 e. The molecular formula is C13H32N2O3S. The fraction of sp³-hybridized carbons (Fsp3) is 1.00. The predicted octanol–water partition coefficient (Wildman–Crippen LogP) is 1.39. The lowest BCUT2D eigenvalue weighted by Crippen LogP contribution is -2.29. The minimum absolute atomic E-state index is 0. The summed E-state index contributed by atoms with van der Waals surface area (Å²) in [5.74, 6) is 0.279. The lowest BCUT2D eigenvalue weighted by atomic mass is 10.1. The van der Waals surface area contributed by atoms with Gasteiger partial charge >= 0.3 is 0 Å². The molecule has 0 unspecified atom stereocenters. The standard InChI is InChI=1S/C13H30N2O2S.H2O/c1-4-5-6-7-8-9-13-18(16,17)14-11-10-12-15(2)3;/h14H,4-13H2,1-3H3;1H2. The van der Waals surface area contributed by atoms with Crippen molar-refractivity contribution < 1.29 is 13.9 Å². The first kappa shape index (κ1) is 21.1. The summed E-state index contributed by atoms with van der Waals surface area (Å²) in [6.45, 7) is 3.65. The van der Waals surface area contributed by atoms with Gasteiger partial charge in [0.25, 0.3) is 0 Å². The minimum atomic E-state index is -3.04. The second kappa shape index (κ2) is 12.8. The van der Waals surface area contributed by atoms with Crippen molar-refractivity contribution in [3.63, 3.8) is 0 Å². The van der Waals surface area contributed by atoms with Gasteiger partial charge in [-0.25, -0.2) is 13.1 Å². The molecule has 5 nitrogen and oxygen atoms in total. The molecule has 0 aliphatic rings. The first-order chi connectivity index (χ1) is 8.48. The van der Waals surface area contributed by atoms with Crippen LogP contribution in [0.2, 0.25) is 0 Å². The molecule has 0 amide bonds. The molecule has 0 aromatic heterocycles. The fourth-order valence-corrected chi connectivity index (χ4v) is 2.95. The van der Waals surface area contributed by atoms with E-state index in [1.54, 1.807) is 0 Å². The summed E-state index contributed by atoms with van der Waals surface area (Å²) >= 11 is 0. The summed E-state index contributed by atoms with van der Waals surface area (Å²) in [5.41, 5.74) is 0. The topological polar surface area (TPSA) is 80.9 Å². The molecule has 0 atom stereocenters. The van der Waals surface area contributed by atoms with Crippen molar-refractivity contribution in [2.45, 2.75) is 51.9 Å². The highest BCUT2D eigenvalue weighted by atomic mass is 32.2. The zero-order valence-corrected chi connectivity index (χ0v) is 13.6. The van der Waals surface area contributed by atoms with Crippen LogP contribution in [0.5, 0.6) is 0 Å². The molecule has 19 heavy (non-hydrogen) atoms. The molecule has 0 aromatic rings. The van der Waals surface area contributed by atoms with E-state index >= 15 is 0 Å². The van der Waals surface area contributed by atoms with Crippen molar-refractivity contribution in [2.75, 3.05) is 32.9 Å². The van der Waals surface area contributed by atoms with E-state index < -0.39 is 10.0 Å². The quantitative estimate of drug-likeness (QED) is 0.553. The molecule has 0 radical (unpaired) electrons. The van der Waals surface area contributed by atoms with Crippen LogP contribution >= 0.6 is 0 Å². The molecule has 0 aliphatic heterocycles. The zero-order valence-electron chi connectivity index (χ0n) is 12.7. The number of sulfonamides is 1. The number of unbranched alkanes of at least 4 members (excludes halogenated alkanes) is 5. The van der Waals surface area contributed by atoms with Crippen molar-refractivity contribution in [1.29, 1.82) is 0 Å². The highest BCUT2D eigenvalue weighted by Crippen LogP contribution is 2.05. The summed E-state index contributed by atoms with van der Waals surface area (Å²) in [6, 6.07) is 0. The van der Waals surface area contributed by atoms with Gasteiger partial charge in [-0.2, -0.15) is 0 Å². The molecule has 0 aliphatic carbocycles. The average molecular weight is 296 g/mol. The van der Waals surface area contributed by atoms with Crippen LogP contribution in [0.15, 0.2) is 0 Å². The van der Waals surface area contributed by atoms with E-state index in [9.17, 15) is 8.42 Å². The molecule has 3 N–H and O–H groups in total. The molecule has 0 saturated carbocycles. The molecule has 6 heteroatoms. The molecule has 0 rings (SSSR count). The van der Waals surface area contributed by atoms with Crippen molar-refractivity contribution in [3.8, 4) is 0 Å². The molecule has 0 saturated heterocycles. The van der Waals surface area contributed by atoms with Gasteiger partial charge in [0.1, 0.15) is 0 Å². The average Bonchev–Trinajstić information content (AvgIpc) is 2.29. The molecule has 0 spiro atoms. The zero-order chi connectivity index (χ0) is 13.9. The van der Waals surface area contributed by atoms with Crippen LogP contribution < -0.4 is 4.72 Å². The van der Waals surface area contributed by atoms with E-state index in [0.29, 0.717) is 6.54 Å². The van der Waals surface area contributed by atoms with Crippen molar-refractivity contribution in [3.05, 3.63) is 0 Å². The van der Waals surface area contributed by atoms with Gasteiger partial charge in [0.2, 0.25) is 10.0 Å². The van der Waals surface area contributed by atoms with E-state index in [0.717, 1.165) is 32.2 Å². The van der Waals surface area contributed by atoms with E-state index in [1.165, 1.54) is 19.3 Å². The number of hydrogen-bond acceptors (Lipinski definition) is 3. The van der Waals surface area contributed by atoms with Gasteiger partial charge < -0.3 is 10.4 Å². The Kier molecular flexibility index (Phi) is 14.3. The lowest BCUT2D eigenvalue weighted by Gasteiger charge is -2.10. The van der Waals surface area contributed by atoms with E-state index in [2.05, 4.69) is 16.5 Å². The first-order valence-corrected chi connectivity index (χ1v) is 8.75. The Balaban J connectivity index is 0. The summed E-state index contributed by atoms with van der Waals surface area (Å²) in [7, 11) is 0.941. The summed E-state index contributed by atoms with van der Waals surface area (Å²) in [4.78, 5) is 2.06. The second-order valence-electron chi connectivity index (χ2n) is 5.14. The number of hydrogen-bond donors (Lipinski definition) is 1. The van der Waals surface area contributed by atoms with Gasteiger partial charge in [-0.1, -0.05) is 39.0 Å². The lowest BCUT2D eigenvalue weighted by molar-refractivity contribution is 0.400. The van der Waals surface area contributed by atoms with Crippen LogP contribution in [0.25, 0.3) is 0 Å². The van der Waals surface area contributed by atoms with Crippen LogP contribution in [-0.4, -0.2) is 51.7 Å². The maximum absolute atomic E-state index is 11.6. The highest BCUT2D eigenvalue weighted by molar-refractivity contribution is 7.89. The normalized spacial score (nSPS) is 11.6. The monoisotopic (exact) mass is 296 g/mol. The fourth-order valence-electron chi connectivity index (χ4n) is 1.77. The summed E-state index contributed by atoms with van der Waals surface area (Å²) in [6.07, 6.45) is 7.55. The molecule has 0 fully saturated rings. The molecule has 0 bridgehead atoms. The van der Waals surface area contributed by atoms with Crippen molar-refractivity contribution in [2.24, 2.45) is 0 Å². The Morgan fingerprint density at radius 1 is 0.947 bits per heavy atom. The highest BCUT2D eigenvalue weighted by Gasteiger charge is 2.08. The summed E-state index contributed by atoms with van der Waals surface area (Å²) in [5, 5.41) is 0. The smallest absolute Gasteiger partial charge is 0.211 e. The van der Waals surface area contributed by atoms with Crippen molar-refractivity contribution >= 4 is 10.0 Å². The van der Waals surface area contributed by atoms with Gasteiger partial charge in [-0.3, -0.25) is 0 Å². The SMILES string of the molecule is CCCCCCCCS(=O)(=O)NCCCN(C)C.O. The van der Waals surface area contributed by atoms with Gasteiger partial charge in [-0.15, -0.1) is 0 Å². The Labute approximate surface area is 119 Å². The Morgan fingerprint density at radius 3 is 2.11 bits per heavy atom. The number of rotatable bonds is 12. The van der Waals surface area contributed by atoms with Gasteiger partial charge in [0.15, 0.2) is 0 Å². The predicted molar refractivity (Wildman–Crippen MR) is 82.0 cm³/mol. The Hall–Kier alpha value is -0.170. The second-order valence-corrected chi connectivity index (χ2v) is 7.06. The molecular weight excluding hydrogens is 264 g/mol. The van der Waals surface area contributed by atoms with Crippen LogP contribution in [0, 0.1) is 0 Å². The van der Waals surface area contributed by atoms with Gasteiger partial charge in [-0.05, 0) is 33.5 Å². The number of nitrogens with one attached hydrogen (secondary N) is 1. The third kappa shape index (κ3) is 15.8. The van der Waals surface area contributed by atoms with E-state index in [4.69, 9.17) is 0 Å². The maximum atomic E-state index is 11.6. The molecule has 118 valence electrons. The van der Waals surface area contributed by atoms with Crippen LogP contribution in [-0.2, 0) is 10.0 Å². The van der Waals surface area contributed by atoms with Crippen LogP contribution in [0.1, 0.15) is 51.9 Å². The maximum Gasteiger partial charge on any atom is 0.211 e. The number of nitrogens with zero attached hydrogens (tertiary/aromatic N) is 1. The third-order valence-corrected chi connectivity index (χ3v) is 4.34. The van der Waals surface area contributed by atoms with E-state index in [1.807, 2.05) is 14.1 Å². The Bertz CT molecular complexity index is 280.